The van der Waals surface area contributed by atoms with Crippen LogP contribution in [0.3, 0.4) is 0 Å². The first-order chi connectivity index (χ1) is 12.4. The van der Waals surface area contributed by atoms with Crippen molar-refractivity contribution in [1.29, 1.82) is 0 Å². The van der Waals surface area contributed by atoms with Crippen molar-refractivity contribution in [2.24, 2.45) is 11.7 Å². The summed E-state index contributed by atoms with van der Waals surface area (Å²) in [5.74, 6) is -1.44. The molecule has 8 heteroatoms. The van der Waals surface area contributed by atoms with Crippen molar-refractivity contribution >= 4 is 21.7 Å². The van der Waals surface area contributed by atoms with Crippen LogP contribution in [0, 0.1) is 5.92 Å². The molecule has 1 saturated carbocycles. The Bertz CT molecular complexity index is 905. The summed E-state index contributed by atoms with van der Waals surface area (Å²) in [6, 6.07) is 10.6. The highest BCUT2D eigenvalue weighted by Gasteiger charge is 2.33. The number of sulfone groups is 1. The summed E-state index contributed by atoms with van der Waals surface area (Å²) in [4.78, 5) is 23.9. The molecule has 1 heterocycles. The van der Waals surface area contributed by atoms with Crippen LogP contribution < -0.4 is 11.1 Å². The van der Waals surface area contributed by atoms with Crippen LogP contribution in [0.25, 0.3) is 0 Å². The highest BCUT2D eigenvalue weighted by Crippen LogP contribution is 2.26. The van der Waals surface area contributed by atoms with Gasteiger partial charge in [0.2, 0.25) is 5.91 Å². The molecule has 0 aliphatic heterocycles. The molecule has 26 heavy (non-hydrogen) atoms. The normalized spacial score (nSPS) is 20.0. The molecule has 1 aromatic carbocycles. The Morgan fingerprint density at radius 3 is 2.54 bits per heavy atom. The van der Waals surface area contributed by atoms with E-state index >= 15 is 0 Å². The second-order valence-corrected chi connectivity index (χ2v) is 8.35. The van der Waals surface area contributed by atoms with E-state index in [-0.39, 0.29) is 34.1 Å². The van der Waals surface area contributed by atoms with E-state index < -0.39 is 21.7 Å². The summed E-state index contributed by atoms with van der Waals surface area (Å²) in [5.41, 5.74) is 5.35. The molecule has 138 valence electrons. The van der Waals surface area contributed by atoms with Gasteiger partial charge in [0.1, 0.15) is 11.5 Å². The van der Waals surface area contributed by atoms with Gasteiger partial charge in [-0.3, -0.25) is 9.59 Å². The number of hydrogen-bond acceptors (Lipinski definition) is 5. The van der Waals surface area contributed by atoms with Gasteiger partial charge in [-0.2, -0.15) is 0 Å². The molecule has 3 rings (SSSR count). The average molecular weight is 376 g/mol. The molecule has 0 bridgehead atoms. The fourth-order valence-corrected chi connectivity index (χ4v) is 4.46. The molecule has 1 fully saturated rings. The standard InChI is InChI=1S/C18H20N2O5S/c19-17(21)14-7-4-8-15(14)20-18(22)16-10-9-12(25-16)11-26(23,24)13-5-2-1-3-6-13/h1-3,5-6,9-10,14-15H,4,7-8,11H2,(H2,19,21)(H,20,22)/t14-,15+/m0/s1. The number of amides is 2. The average Bonchev–Trinajstić information content (AvgIpc) is 3.24. The SMILES string of the molecule is NC(=O)[C@H]1CCC[C@H]1NC(=O)c1ccc(CS(=O)(=O)c2ccccc2)o1. The summed E-state index contributed by atoms with van der Waals surface area (Å²) in [7, 11) is -3.55. The second-order valence-electron chi connectivity index (χ2n) is 6.36. The predicted octanol–water partition coefficient (Wildman–Crippen LogP) is 1.64. The molecule has 0 saturated heterocycles. The molecule has 1 aliphatic rings. The molecule has 0 spiro atoms. The third-order valence-electron chi connectivity index (χ3n) is 4.52. The highest BCUT2D eigenvalue weighted by molar-refractivity contribution is 7.90. The summed E-state index contributed by atoms with van der Waals surface area (Å²) in [5, 5.41) is 2.75. The van der Waals surface area contributed by atoms with E-state index in [9.17, 15) is 18.0 Å². The first kappa shape index (κ1) is 18.2. The Morgan fingerprint density at radius 1 is 1.12 bits per heavy atom. The summed E-state index contributed by atoms with van der Waals surface area (Å²) < 4.78 is 30.1. The molecular weight excluding hydrogens is 356 g/mol. The van der Waals surface area contributed by atoms with Gasteiger partial charge in [-0.1, -0.05) is 24.6 Å². The Kier molecular flexibility index (Phi) is 5.13. The van der Waals surface area contributed by atoms with Crippen molar-refractivity contribution in [3.05, 3.63) is 54.0 Å². The Balaban J connectivity index is 1.68. The number of hydrogen-bond donors (Lipinski definition) is 2. The lowest BCUT2D eigenvalue weighted by atomic mass is 10.0. The van der Waals surface area contributed by atoms with Gasteiger partial charge in [-0.25, -0.2) is 8.42 Å². The number of nitrogens with one attached hydrogen (secondary N) is 1. The maximum atomic E-state index is 12.4. The first-order valence-corrected chi connectivity index (χ1v) is 9.99. The van der Waals surface area contributed by atoms with Crippen LogP contribution in [0.1, 0.15) is 35.6 Å². The lowest BCUT2D eigenvalue weighted by molar-refractivity contribution is -0.122. The van der Waals surface area contributed by atoms with E-state index in [4.69, 9.17) is 10.2 Å². The molecular formula is C18H20N2O5S. The van der Waals surface area contributed by atoms with E-state index in [0.717, 1.165) is 6.42 Å². The van der Waals surface area contributed by atoms with Crippen molar-refractivity contribution in [2.75, 3.05) is 0 Å². The highest BCUT2D eigenvalue weighted by atomic mass is 32.2. The lowest BCUT2D eigenvalue weighted by Gasteiger charge is -2.17. The number of carbonyl (C=O) groups excluding carboxylic acids is 2. The quantitative estimate of drug-likeness (QED) is 0.794. The van der Waals surface area contributed by atoms with Gasteiger partial charge in [-0.15, -0.1) is 0 Å². The summed E-state index contributed by atoms with van der Waals surface area (Å²) >= 11 is 0. The zero-order valence-electron chi connectivity index (χ0n) is 14.1. The number of furan rings is 1. The van der Waals surface area contributed by atoms with Crippen molar-refractivity contribution in [2.45, 2.75) is 36.0 Å². The van der Waals surface area contributed by atoms with Crippen LogP contribution in [0.2, 0.25) is 0 Å². The molecule has 2 atom stereocenters. The van der Waals surface area contributed by atoms with Crippen LogP contribution in [0.5, 0.6) is 0 Å². The summed E-state index contributed by atoms with van der Waals surface area (Å²) in [6.45, 7) is 0. The fourth-order valence-electron chi connectivity index (χ4n) is 3.19. The summed E-state index contributed by atoms with van der Waals surface area (Å²) in [6.07, 6.45) is 2.14. The predicted molar refractivity (Wildman–Crippen MR) is 93.8 cm³/mol. The van der Waals surface area contributed by atoms with Crippen LogP contribution in [-0.4, -0.2) is 26.3 Å². The van der Waals surface area contributed by atoms with Gasteiger partial charge in [0.25, 0.3) is 5.91 Å². The number of primary amides is 1. The lowest BCUT2D eigenvalue weighted by Crippen LogP contribution is -2.42. The largest absolute Gasteiger partial charge is 0.455 e. The Hall–Kier alpha value is -2.61. The van der Waals surface area contributed by atoms with E-state index in [1.54, 1.807) is 18.2 Å². The van der Waals surface area contributed by atoms with Crippen molar-refractivity contribution in [1.82, 2.24) is 5.32 Å². The number of rotatable bonds is 6. The maximum absolute atomic E-state index is 12.4. The van der Waals surface area contributed by atoms with Gasteiger partial charge >= 0.3 is 0 Å². The third kappa shape index (κ3) is 3.96. The van der Waals surface area contributed by atoms with Crippen molar-refractivity contribution < 1.29 is 22.4 Å². The molecule has 7 nitrogen and oxygen atoms in total. The first-order valence-electron chi connectivity index (χ1n) is 8.33. The number of carbonyl (C=O) groups is 2. The Morgan fingerprint density at radius 2 is 1.85 bits per heavy atom. The molecule has 2 aromatic rings. The molecule has 3 N–H and O–H groups in total. The zero-order valence-corrected chi connectivity index (χ0v) is 14.9. The number of benzene rings is 1. The zero-order chi connectivity index (χ0) is 18.7. The van der Waals surface area contributed by atoms with E-state index in [1.807, 2.05) is 0 Å². The molecule has 0 radical (unpaired) electrons. The molecule has 1 aromatic heterocycles. The van der Waals surface area contributed by atoms with E-state index in [1.165, 1.54) is 24.3 Å². The minimum absolute atomic E-state index is 0.0124. The van der Waals surface area contributed by atoms with E-state index in [0.29, 0.717) is 12.8 Å². The minimum Gasteiger partial charge on any atom is -0.455 e. The van der Waals surface area contributed by atoms with Crippen molar-refractivity contribution in [3.63, 3.8) is 0 Å². The van der Waals surface area contributed by atoms with Gasteiger partial charge < -0.3 is 15.5 Å². The topological polar surface area (TPSA) is 119 Å². The molecule has 2 amide bonds. The van der Waals surface area contributed by atoms with Crippen LogP contribution >= 0.6 is 0 Å². The van der Waals surface area contributed by atoms with Crippen molar-refractivity contribution in [3.8, 4) is 0 Å². The fraction of sp³-hybridized carbons (Fsp3) is 0.333. The van der Waals surface area contributed by atoms with Gasteiger partial charge in [0, 0.05) is 6.04 Å². The number of nitrogens with two attached hydrogens (primary N) is 1. The third-order valence-corrected chi connectivity index (χ3v) is 6.17. The minimum atomic E-state index is -3.55. The second kappa shape index (κ2) is 7.33. The molecule has 0 unspecified atom stereocenters. The van der Waals surface area contributed by atoms with Crippen LogP contribution in [0.15, 0.2) is 51.8 Å². The van der Waals surface area contributed by atoms with Gasteiger partial charge in [0.05, 0.1) is 10.8 Å². The van der Waals surface area contributed by atoms with Crippen LogP contribution in [0.4, 0.5) is 0 Å². The monoisotopic (exact) mass is 376 g/mol. The maximum Gasteiger partial charge on any atom is 0.287 e. The van der Waals surface area contributed by atoms with Crippen LogP contribution in [-0.2, 0) is 20.4 Å². The van der Waals surface area contributed by atoms with E-state index in [2.05, 4.69) is 5.32 Å². The van der Waals surface area contributed by atoms with Gasteiger partial charge in [-0.05, 0) is 37.1 Å². The molecule has 1 aliphatic carbocycles. The van der Waals surface area contributed by atoms with Gasteiger partial charge in [0.15, 0.2) is 15.6 Å². The smallest absolute Gasteiger partial charge is 0.287 e. The Labute approximate surface area is 151 Å².